The fourth-order valence-electron chi connectivity index (χ4n) is 4.12. The molecule has 0 aliphatic carbocycles. The van der Waals surface area contributed by atoms with Gasteiger partial charge in [0.25, 0.3) is 5.56 Å². The number of aromatic nitrogens is 2. The molecule has 3 aromatic rings. The second-order valence-electron chi connectivity index (χ2n) is 8.58. The van der Waals surface area contributed by atoms with Crippen LogP contribution < -0.4 is 31.4 Å². The predicted octanol–water partition coefficient (Wildman–Crippen LogP) is 2.19. The van der Waals surface area contributed by atoms with E-state index in [2.05, 4.69) is 10.6 Å². The van der Waals surface area contributed by atoms with Gasteiger partial charge in [-0.15, -0.1) is 0 Å². The standard InChI is InChI=1S/C27H34N4O6/c1-4-15-28-23(32)14-7-8-16-30-26(34)20-11-5-6-12-21(20)31(27(30)35)18-24(33)29-17-19-10-9-13-22(36-2)25(19)37-3/h5-6,9-13H,4,7-8,14-18H2,1-3H3,(H,28,32)(H,29,33). The summed E-state index contributed by atoms with van der Waals surface area (Å²) in [6.45, 7) is 2.68. The molecular weight excluding hydrogens is 476 g/mol. The van der Waals surface area contributed by atoms with Gasteiger partial charge in [0, 0.05) is 31.6 Å². The molecule has 0 saturated heterocycles. The first-order valence-corrected chi connectivity index (χ1v) is 12.4. The average Bonchev–Trinajstić information content (AvgIpc) is 2.92. The van der Waals surface area contributed by atoms with Crippen LogP contribution in [0.1, 0.15) is 38.2 Å². The molecule has 0 unspecified atom stereocenters. The molecule has 10 nitrogen and oxygen atoms in total. The van der Waals surface area contributed by atoms with Crippen molar-refractivity contribution in [1.82, 2.24) is 19.8 Å². The van der Waals surface area contributed by atoms with Crippen molar-refractivity contribution in [1.29, 1.82) is 0 Å². The summed E-state index contributed by atoms with van der Waals surface area (Å²) in [6.07, 6.45) is 2.21. The molecule has 10 heteroatoms. The van der Waals surface area contributed by atoms with Gasteiger partial charge in [-0.3, -0.25) is 23.5 Å². The molecular formula is C27H34N4O6. The minimum atomic E-state index is -0.562. The molecule has 0 atom stereocenters. The van der Waals surface area contributed by atoms with E-state index in [1.807, 2.05) is 13.0 Å². The van der Waals surface area contributed by atoms with E-state index in [4.69, 9.17) is 9.47 Å². The Balaban J connectivity index is 1.77. The Morgan fingerprint density at radius 1 is 0.892 bits per heavy atom. The maximum Gasteiger partial charge on any atom is 0.331 e. The van der Waals surface area contributed by atoms with Crippen molar-refractivity contribution in [2.75, 3.05) is 20.8 Å². The largest absolute Gasteiger partial charge is 0.493 e. The van der Waals surface area contributed by atoms with Crippen molar-refractivity contribution in [3.63, 3.8) is 0 Å². The first-order chi connectivity index (χ1) is 17.9. The number of carbonyl (C=O) groups excluding carboxylic acids is 2. The lowest BCUT2D eigenvalue weighted by molar-refractivity contribution is -0.122. The van der Waals surface area contributed by atoms with Crippen molar-refractivity contribution >= 4 is 22.7 Å². The summed E-state index contributed by atoms with van der Waals surface area (Å²) in [4.78, 5) is 51.1. The number of carbonyl (C=O) groups is 2. The number of methoxy groups -OCH3 is 2. The fourth-order valence-corrected chi connectivity index (χ4v) is 4.12. The van der Waals surface area contributed by atoms with Crippen molar-refractivity contribution in [2.45, 2.75) is 52.2 Å². The summed E-state index contributed by atoms with van der Waals surface area (Å²) < 4.78 is 13.2. The maximum absolute atomic E-state index is 13.3. The molecule has 2 amide bonds. The van der Waals surface area contributed by atoms with Crippen molar-refractivity contribution in [3.05, 3.63) is 68.9 Å². The van der Waals surface area contributed by atoms with Crippen LogP contribution >= 0.6 is 0 Å². The van der Waals surface area contributed by atoms with Crippen LogP contribution in [-0.2, 0) is 29.2 Å². The highest BCUT2D eigenvalue weighted by molar-refractivity contribution is 5.81. The molecule has 0 saturated carbocycles. The third kappa shape index (κ3) is 6.78. The molecule has 0 aliphatic rings. The highest BCUT2D eigenvalue weighted by Crippen LogP contribution is 2.30. The predicted molar refractivity (Wildman–Crippen MR) is 141 cm³/mol. The van der Waals surface area contributed by atoms with E-state index in [0.29, 0.717) is 48.2 Å². The number of hydrogen-bond acceptors (Lipinski definition) is 6. The molecule has 3 rings (SSSR count). The number of hydrogen-bond donors (Lipinski definition) is 2. The Morgan fingerprint density at radius 3 is 2.41 bits per heavy atom. The van der Waals surface area contributed by atoms with Gasteiger partial charge in [-0.25, -0.2) is 4.79 Å². The molecule has 0 bridgehead atoms. The number of benzene rings is 2. The topological polar surface area (TPSA) is 121 Å². The third-order valence-corrected chi connectivity index (χ3v) is 6.00. The Hall–Kier alpha value is -4.08. The molecule has 1 heterocycles. The Kier molecular flexibility index (Phi) is 9.88. The Labute approximate surface area is 215 Å². The summed E-state index contributed by atoms with van der Waals surface area (Å²) in [6, 6.07) is 12.1. The minimum absolute atomic E-state index is 0.0468. The number of unbranched alkanes of at least 4 members (excludes halogenated alkanes) is 1. The van der Waals surface area contributed by atoms with Gasteiger partial charge in [0.05, 0.1) is 25.1 Å². The number of rotatable bonds is 13. The summed E-state index contributed by atoms with van der Waals surface area (Å²) in [5, 5.41) is 5.98. The summed E-state index contributed by atoms with van der Waals surface area (Å²) in [5.74, 6) is 0.626. The zero-order valence-electron chi connectivity index (χ0n) is 21.5. The molecule has 2 N–H and O–H groups in total. The molecule has 198 valence electrons. The van der Waals surface area contributed by atoms with E-state index < -0.39 is 17.2 Å². The molecule has 0 radical (unpaired) electrons. The van der Waals surface area contributed by atoms with Crippen molar-refractivity contribution < 1.29 is 19.1 Å². The van der Waals surface area contributed by atoms with Gasteiger partial charge in [0.2, 0.25) is 11.8 Å². The first-order valence-electron chi connectivity index (χ1n) is 12.4. The van der Waals surface area contributed by atoms with Gasteiger partial charge in [0.15, 0.2) is 11.5 Å². The van der Waals surface area contributed by atoms with Gasteiger partial charge in [-0.2, -0.15) is 0 Å². The number of nitrogens with one attached hydrogen (secondary N) is 2. The van der Waals surface area contributed by atoms with E-state index in [1.54, 1.807) is 36.4 Å². The minimum Gasteiger partial charge on any atom is -0.493 e. The Bertz CT molecular complexity index is 1360. The third-order valence-electron chi connectivity index (χ3n) is 6.00. The SMILES string of the molecule is CCCNC(=O)CCCCn1c(=O)c2ccccc2n(CC(=O)NCc2cccc(OC)c2OC)c1=O. The molecule has 0 fully saturated rings. The van der Waals surface area contributed by atoms with Crippen LogP contribution in [0, 0.1) is 0 Å². The van der Waals surface area contributed by atoms with Crippen LogP contribution in [-0.4, -0.2) is 41.7 Å². The zero-order valence-corrected chi connectivity index (χ0v) is 21.5. The van der Waals surface area contributed by atoms with E-state index in [1.165, 1.54) is 18.8 Å². The normalized spacial score (nSPS) is 10.8. The van der Waals surface area contributed by atoms with E-state index in [9.17, 15) is 19.2 Å². The lowest BCUT2D eigenvalue weighted by Crippen LogP contribution is -2.42. The van der Waals surface area contributed by atoms with E-state index in [-0.39, 0.29) is 25.5 Å². The molecule has 1 aromatic heterocycles. The number of para-hydroxylation sites is 2. The average molecular weight is 511 g/mol. The van der Waals surface area contributed by atoms with Crippen molar-refractivity contribution in [2.24, 2.45) is 0 Å². The summed E-state index contributed by atoms with van der Waals surface area (Å²) in [7, 11) is 3.06. The molecule has 37 heavy (non-hydrogen) atoms. The molecule has 0 spiro atoms. The number of nitrogens with zero attached hydrogens (tertiary/aromatic N) is 2. The van der Waals surface area contributed by atoms with Gasteiger partial charge in [0.1, 0.15) is 6.54 Å². The molecule has 2 aromatic carbocycles. The maximum atomic E-state index is 13.3. The van der Waals surface area contributed by atoms with Crippen LogP contribution in [0.25, 0.3) is 10.9 Å². The van der Waals surface area contributed by atoms with Crippen LogP contribution in [0.5, 0.6) is 11.5 Å². The summed E-state index contributed by atoms with van der Waals surface area (Å²) in [5.41, 5.74) is 0.143. The van der Waals surface area contributed by atoms with Crippen LogP contribution in [0.15, 0.2) is 52.1 Å². The van der Waals surface area contributed by atoms with Gasteiger partial charge >= 0.3 is 5.69 Å². The fraction of sp³-hybridized carbons (Fsp3) is 0.407. The Morgan fingerprint density at radius 2 is 1.68 bits per heavy atom. The van der Waals surface area contributed by atoms with Gasteiger partial charge in [-0.1, -0.05) is 31.2 Å². The van der Waals surface area contributed by atoms with Crippen molar-refractivity contribution in [3.8, 4) is 11.5 Å². The first kappa shape index (κ1) is 27.5. The quantitative estimate of drug-likeness (QED) is 0.340. The van der Waals surface area contributed by atoms with Crippen LogP contribution in [0.2, 0.25) is 0 Å². The smallest absolute Gasteiger partial charge is 0.331 e. The molecule has 0 aliphatic heterocycles. The highest BCUT2D eigenvalue weighted by Gasteiger charge is 2.16. The number of amides is 2. The lowest BCUT2D eigenvalue weighted by Gasteiger charge is -2.15. The lowest BCUT2D eigenvalue weighted by atomic mass is 10.2. The zero-order chi connectivity index (χ0) is 26.8. The van der Waals surface area contributed by atoms with E-state index in [0.717, 1.165) is 16.6 Å². The highest BCUT2D eigenvalue weighted by atomic mass is 16.5. The van der Waals surface area contributed by atoms with E-state index >= 15 is 0 Å². The van der Waals surface area contributed by atoms with Crippen LogP contribution in [0.4, 0.5) is 0 Å². The monoisotopic (exact) mass is 510 g/mol. The summed E-state index contributed by atoms with van der Waals surface area (Å²) >= 11 is 0. The number of fused-ring (bicyclic) bond motifs is 1. The second kappa shape index (κ2) is 13.3. The van der Waals surface area contributed by atoms with Gasteiger partial charge in [-0.05, 0) is 37.5 Å². The van der Waals surface area contributed by atoms with Crippen LogP contribution in [0.3, 0.4) is 0 Å². The second-order valence-corrected chi connectivity index (χ2v) is 8.58. The number of ether oxygens (including phenoxy) is 2. The van der Waals surface area contributed by atoms with Gasteiger partial charge < -0.3 is 20.1 Å².